The normalized spacial score (nSPS) is 10.4. The van der Waals surface area contributed by atoms with Crippen molar-refractivity contribution in [2.24, 2.45) is 0 Å². The third-order valence-corrected chi connectivity index (χ3v) is 4.13. The van der Waals surface area contributed by atoms with Gasteiger partial charge >= 0.3 is 0 Å². The molecule has 0 spiro atoms. The number of hydrogen-bond donors (Lipinski definition) is 1. The molecule has 0 saturated heterocycles. The highest BCUT2D eigenvalue weighted by Gasteiger charge is 2.09. The number of hydrogen-bond acceptors (Lipinski definition) is 4. The van der Waals surface area contributed by atoms with Gasteiger partial charge in [0.2, 0.25) is 0 Å². The molecule has 3 rings (SSSR count). The largest absolute Gasteiger partial charge is 0.298 e. The smallest absolute Gasteiger partial charge is 0.257 e. The number of aryl methyl sites for hydroxylation is 1. The SMILES string of the molecule is Cc1ccc(Cc2cnc(NC(=O)c3ccncc3)s2)cc1. The van der Waals surface area contributed by atoms with E-state index in [0.717, 1.165) is 11.3 Å². The first-order valence-corrected chi connectivity index (χ1v) is 7.74. The van der Waals surface area contributed by atoms with Crippen LogP contribution in [0.5, 0.6) is 0 Å². The summed E-state index contributed by atoms with van der Waals surface area (Å²) < 4.78 is 0. The summed E-state index contributed by atoms with van der Waals surface area (Å²) in [6, 6.07) is 11.8. The predicted octanol–water partition coefficient (Wildman–Crippen LogP) is 3.69. The van der Waals surface area contributed by atoms with Crippen molar-refractivity contribution >= 4 is 22.4 Å². The van der Waals surface area contributed by atoms with E-state index in [-0.39, 0.29) is 5.91 Å². The molecular weight excluding hydrogens is 294 g/mol. The van der Waals surface area contributed by atoms with Gasteiger partial charge in [0.05, 0.1) is 0 Å². The summed E-state index contributed by atoms with van der Waals surface area (Å²) in [5.74, 6) is -0.168. The number of carbonyl (C=O) groups is 1. The number of pyridine rings is 1. The molecule has 0 aliphatic heterocycles. The van der Waals surface area contributed by atoms with Crippen LogP contribution in [0.2, 0.25) is 0 Å². The maximum atomic E-state index is 12.0. The van der Waals surface area contributed by atoms with Crippen LogP contribution < -0.4 is 5.32 Å². The molecule has 0 aliphatic carbocycles. The van der Waals surface area contributed by atoms with Gasteiger partial charge in [-0.15, -0.1) is 11.3 Å². The number of benzene rings is 1. The first-order valence-electron chi connectivity index (χ1n) is 6.92. The number of nitrogens with zero attached hydrogens (tertiary/aromatic N) is 2. The quantitative estimate of drug-likeness (QED) is 0.799. The van der Waals surface area contributed by atoms with Crippen LogP contribution in [-0.4, -0.2) is 15.9 Å². The van der Waals surface area contributed by atoms with Gasteiger partial charge in [-0.25, -0.2) is 4.98 Å². The summed E-state index contributed by atoms with van der Waals surface area (Å²) >= 11 is 1.50. The third kappa shape index (κ3) is 3.56. The van der Waals surface area contributed by atoms with Gasteiger partial charge in [0, 0.05) is 35.5 Å². The Kier molecular flexibility index (Phi) is 4.25. The molecule has 2 aromatic heterocycles. The lowest BCUT2D eigenvalue weighted by molar-refractivity contribution is 0.102. The fraction of sp³-hybridized carbons (Fsp3) is 0.118. The van der Waals surface area contributed by atoms with Crippen LogP contribution in [0.3, 0.4) is 0 Å². The molecule has 4 nitrogen and oxygen atoms in total. The van der Waals surface area contributed by atoms with Crippen molar-refractivity contribution in [3.05, 3.63) is 76.6 Å². The van der Waals surface area contributed by atoms with E-state index in [1.807, 2.05) is 6.20 Å². The van der Waals surface area contributed by atoms with E-state index in [1.165, 1.54) is 22.5 Å². The fourth-order valence-corrected chi connectivity index (χ4v) is 2.87. The Morgan fingerprint density at radius 2 is 1.86 bits per heavy atom. The van der Waals surface area contributed by atoms with Crippen LogP contribution in [0.15, 0.2) is 55.0 Å². The Morgan fingerprint density at radius 1 is 1.14 bits per heavy atom. The maximum Gasteiger partial charge on any atom is 0.257 e. The first-order chi connectivity index (χ1) is 10.7. The van der Waals surface area contributed by atoms with Crippen LogP contribution in [0.1, 0.15) is 26.4 Å². The predicted molar refractivity (Wildman–Crippen MR) is 88.3 cm³/mol. The Labute approximate surface area is 132 Å². The first kappa shape index (κ1) is 14.4. The number of rotatable bonds is 4. The van der Waals surface area contributed by atoms with Gasteiger partial charge in [-0.05, 0) is 24.6 Å². The fourth-order valence-electron chi connectivity index (χ4n) is 2.03. The van der Waals surface area contributed by atoms with Gasteiger partial charge in [-0.2, -0.15) is 0 Å². The summed E-state index contributed by atoms with van der Waals surface area (Å²) in [4.78, 5) is 21.3. The lowest BCUT2D eigenvalue weighted by Crippen LogP contribution is -2.11. The Balaban J connectivity index is 1.66. The van der Waals surface area contributed by atoms with Gasteiger partial charge in [0.15, 0.2) is 5.13 Å². The minimum absolute atomic E-state index is 0.168. The Morgan fingerprint density at radius 3 is 2.59 bits per heavy atom. The number of anilines is 1. The topological polar surface area (TPSA) is 54.9 Å². The number of carbonyl (C=O) groups excluding carboxylic acids is 1. The molecule has 2 heterocycles. The number of nitrogens with one attached hydrogen (secondary N) is 1. The highest BCUT2D eigenvalue weighted by Crippen LogP contribution is 2.21. The molecule has 1 aromatic carbocycles. The molecule has 0 aliphatic rings. The highest BCUT2D eigenvalue weighted by atomic mass is 32.1. The van der Waals surface area contributed by atoms with Crippen molar-refractivity contribution in [3.63, 3.8) is 0 Å². The second kappa shape index (κ2) is 6.49. The lowest BCUT2D eigenvalue weighted by atomic mass is 10.1. The van der Waals surface area contributed by atoms with Gasteiger partial charge < -0.3 is 0 Å². The van der Waals surface area contributed by atoms with Crippen LogP contribution in [-0.2, 0) is 6.42 Å². The monoisotopic (exact) mass is 309 g/mol. The zero-order valence-corrected chi connectivity index (χ0v) is 12.9. The summed E-state index contributed by atoms with van der Waals surface area (Å²) in [5.41, 5.74) is 3.06. The van der Waals surface area contributed by atoms with E-state index in [1.54, 1.807) is 24.5 Å². The van der Waals surface area contributed by atoms with Crippen LogP contribution >= 0.6 is 11.3 Å². The van der Waals surface area contributed by atoms with Crippen LogP contribution in [0.25, 0.3) is 0 Å². The molecule has 0 bridgehead atoms. The molecule has 3 aromatic rings. The second-order valence-corrected chi connectivity index (χ2v) is 6.10. The molecule has 0 unspecified atom stereocenters. The van der Waals surface area contributed by atoms with E-state index in [4.69, 9.17) is 0 Å². The standard InChI is InChI=1S/C17H15N3OS/c1-12-2-4-13(5-3-12)10-15-11-19-17(22-15)20-16(21)14-6-8-18-9-7-14/h2-9,11H,10H2,1H3,(H,19,20,21). The van der Waals surface area contributed by atoms with Gasteiger partial charge in [0.1, 0.15) is 0 Å². The molecule has 22 heavy (non-hydrogen) atoms. The van der Waals surface area contributed by atoms with Crippen LogP contribution in [0, 0.1) is 6.92 Å². The average molecular weight is 309 g/mol. The average Bonchev–Trinajstić information content (AvgIpc) is 2.97. The summed E-state index contributed by atoms with van der Waals surface area (Å²) in [5, 5.41) is 3.43. The molecule has 0 saturated carbocycles. The van der Waals surface area contributed by atoms with Crippen molar-refractivity contribution in [3.8, 4) is 0 Å². The van der Waals surface area contributed by atoms with E-state index >= 15 is 0 Å². The van der Waals surface area contributed by atoms with Gasteiger partial charge in [-0.1, -0.05) is 29.8 Å². The maximum absolute atomic E-state index is 12.0. The van der Waals surface area contributed by atoms with E-state index < -0.39 is 0 Å². The third-order valence-electron chi connectivity index (χ3n) is 3.22. The van der Waals surface area contributed by atoms with Crippen molar-refractivity contribution in [2.45, 2.75) is 13.3 Å². The van der Waals surface area contributed by atoms with Gasteiger partial charge in [-0.3, -0.25) is 15.1 Å². The minimum Gasteiger partial charge on any atom is -0.298 e. The summed E-state index contributed by atoms with van der Waals surface area (Å²) in [6.45, 7) is 2.07. The minimum atomic E-state index is -0.168. The summed E-state index contributed by atoms with van der Waals surface area (Å²) in [7, 11) is 0. The van der Waals surface area contributed by atoms with E-state index in [2.05, 4.69) is 46.5 Å². The molecule has 1 N–H and O–H groups in total. The van der Waals surface area contributed by atoms with Crippen molar-refractivity contribution < 1.29 is 4.79 Å². The number of thiazole rings is 1. The van der Waals surface area contributed by atoms with Crippen molar-refractivity contribution in [1.82, 2.24) is 9.97 Å². The lowest BCUT2D eigenvalue weighted by Gasteiger charge is -2.00. The molecular formula is C17H15N3OS. The molecule has 0 atom stereocenters. The highest BCUT2D eigenvalue weighted by molar-refractivity contribution is 7.15. The Hall–Kier alpha value is -2.53. The molecule has 5 heteroatoms. The van der Waals surface area contributed by atoms with E-state index in [0.29, 0.717) is 10.7 Å². The molecule has 110 valence electrons. The Bertz CT molecular complexity index is 766. The van der Waals surface area contributed by atoms with Crippen molar-refractivity contribution in [2.75, 3.05) is 5.32 Å². The molecule has 0 fully saturated rings. The summed E-state index contributed by atoms with van der Waals surface area (Å²) in [6.07, 6.45) is 5.83. The van der Waals surface area contributed by atoms with Crippen molar-refractivity contribution in [1.29, 1.82) is 0 Å². The van der Waals surface area contributed by atoms with Crippen LogP contribution in [0.4, 0.5) is 5.13 Å². The van der Waals surface area contributed by atoms with E-state index in [9.17, 15) is 4.79 Å². The number of amides is 1. The molecule has 1 amide bonds. The molecule has 0 radical (unpaired) electrons. The zero-order valence-electron chi connectivity index (χ0n) is 12.1. The zero-order chi connectivity index (χ0) is 15.4. The van der Waals surface area contributed by atoms with Gasteiger partial charge in [0.25, 0.3) is 5.91 Å². The second-order valence-electron chi connectivity index (χ2n) is 4.98. The number of aromatic nitrogens is 2.